The topological polar surface area (TPSA) is 41.3 Å². The molecule has 4 nitrogen and oxygen atoms in total. The van der Waals surface area contributed by atoms with Gasteiger partial charge in [-0.15, -0.1) is 0 Å². The summed E-state index contributed by atoms with van der Waals surface area (Å²) in [4.78, 5) is 25.8. The lowest BCUT2D eigenvalue weighted by molar-refractivity contribution is -0.695. The van der Waals surface area contributed by atoms with E-state index >= 15 is 0 Å². The molecule has 0 radical (unpaired) electrons. The lowest BCUT2D eigenvalue weighted by Crippen LogP contribution is -2.37. The fraction of sp³-hybridized carbons (Fsp3) is 0.316. The molecule has 1 amide bonds. The molecular formula is C19H21N2O2+. The van der Waals surface area contributed by atoms with Gasteiger partial charge in [0, 0.05) is 29.9 Å². The Morgan fingerprint density at radius 1 is 1.17 bits per heavy atom. The van der Waals surface area contributed by atoms with Gasteiger partial charge in [0.05, 0.1) is 6.42 Å². The van der Waals surface area contributed by atoms with E-state index in [9.17, 15) is 9.59 Å². The van der Waals surface area contributed by atoms with Crippen molar-refractivity contribution >= 4 is 17.4 Å². The second-order valence-electron chi connectivity index (χ2n) is 6.06. The molecule has 1 aliphatic heterocycles. The van der Waals surface area contributed by atoms with Gasteiger partial charge < -0.3 is 4.90 Å². The molecular weight excluding hydrogens is 288 g/mol. The molecule has 1 aromatic heterocycles. The van der Waals surface area contributed by atoms with E-state index in [4.69, 9.17) is 0 Å². The van der Waals surface area contributed by atoms with E-state index in [0.717, 1.165) is 17.7 Å². The van der Waals surface area contributed by atoms with E-state index in [2.05, 4.69) is 0 Å². The quantitative estimate of drug-likeness (QED) is 0.643. The van der Waals surface area contributed by atoms with Crippen LogP contribution in [0.3, 0.4) is 0 Å². The average molecular weight is 309 g/mol. The minimum Gasteiger partial charge on any atom is -0.312 e. The molecule has 0 aliphatic carbocycles. The summed E-state index contributed by atoms with van der Waals surface area (Å²) in [7, 11) is 0. The van der Waals surface area contributed by atoms with Crippen LogP contribution in [0.2, 0.25) is 0 Å². The van der Waals surface area contributed by atoms with Gasteiger partial charge in [0.2, 0.25) is 5.91 Å². The third kappa shape index (κ3) is 3.31. The summed E-state index contributed by atoms with van der Waals surface area (Å²) in [6, 6.07) is 9.70. The Hall–Kier alpha value is -2.49. The molecule has 1 aliphatic rings. The van der Waals surface area contributed by atoms with Crippen LogP contribution in [0.15, 0.2) is 42.7 Å². The molecule has 118 valence electrons. The first kappa shape index (κ1) is 15.4. The first-order chi connectivity index (χ1) is 11.0. The fourth-order valence-corrected chi connectivity index (χ4v) is 2.92. The Bertz CT molecular complexity index is 750. The number of pyridine rings is 1. The van der Waals surface area contributed by atoms with Crippen LogP contribution in [0, 0.1) is 6.92 Å². The van der Waals surface area contributed by atoms with Crippen LogP contribution in [0.1, 0.15) is 34.8 Å². The number of aromatic nitrogens is 1. The highest BCUT2D eigenvalue weighted by Crippen LogP contribution is 2.29. The number of benzene rings is 1. The van der Waals surface area contributed by atoms with Gasteiger partial charge in [-0.05, 0) is 49.6 Å². The molecule has 0 fully saturated rings. The number of ketones is 1. The summed E-state index contributed by atoms with van der Waals surface area (Å²) < 4.78 is 2.03. The number of anilines is 1. The standard InChI is InChI=1S/C19H21N2O2/c1-14-5-9-20(10-6-14)11-8-19(23)21-12-7-17-13-16(15(2)22)3-4-18(17)21/h3-6,9-10,13H,7-8,11-12H2,1-2H3/q+1. The van der Waals surface area contributed by atoms with Crippen LogP contribution in [-0.4, -0.2) is 18.2 Å². The Kier molecular flexibility index (Phi) is 4.24. The monoisotopic (exact) mass is 309 g/mol. The van der Waals surface area contributed by atoms with Crippen LogP contribution in [0.5, 0.6) is 0 Å². The van der Waals surface area contributed by atoms with Gasteiger partial charge in [0.25, 0.3) is 0 Å². The SMILES string of the molecule is CC(=O)c1ccc2c(c1)CCN2C(=O)CC[n+]1ccc(C)cc1. The van der Waals surface area contributed by atoms with Gasteiger partial charge >= 0.3 is 0 Å². The molecule has 0 unspecified atom stereocenters. The molecule has 0 saturated heterocycles. The van der Waals surface area contributed by atoms with E-state index in [1.807, 2.05) is 59.1 Å². The lowest BCUT2D eigenvalue weighted by atomic mass is 10.1. The van der Waals surface area contributed by atoms with Gasteiger partial charge in [-0.25, -0.2) is 4.57 Å². The maximum absolute atomic E-state index is 12.5. The maximum atomic E-state index is 12.5. The van der Waals surface area contributed by atoms with Crippen LogP contribution >= 0.6 is 0 Å². The molecule has 0 saturated carbocycles. The van der Waals surface area contributed by atoms with Gasteiger partial charge in [-0.3, -0.25) is 9.59 Å². The number of nitrogens with zero attached hydrogens (tertiary/aromatic N) is 2. The largest absolute Gasteiger partial charge is 0.312 e. The Morgan fingerprint density at radius 3 is 2.61 bits per heavy atom. The first-order valence-electron chi connectivity index (χ1n) is 7.94. The highest BCUT2D eigenvalue weighted by atomic mass is 16.2. The van der Waals surface area contributed by atoms with Gasteiger partial charge in [0.1, 0.15) is 0 Å². The van der Waals surface area contributed by atoms with E-state index in [-0.39, 0.29) is 11.7 Å². The second-order valence-corrected chi connectivity index (χ2v) is 6.06. The van der Waals surface area contributed by atoms with Crippen LogP contribution in [0.4, 0.5) is 5.69 Å². The Morgan fingerprint density at radius 2 is 1.91 bits per heavy atom. The van der Waals surface area contributed by atoms with Crippen molar-refractivity contribution in [2.24, 2.45) is 0 Å². The van der Waals surface area contributed by atoms with Crippen molar-refractivity contribution in [1.82, 2.24) is 0 Å². The fourth-order valence-electron chi connectivity index (χ4n) is 2.92. The minimum atomic E-state index is 0.0633. The van der Waals surface area contributed by atoms with E-state index in [0.29, 0.717) is 25.1 Å². The molecule has 4 heteroatoms. The average Bonchev–Trinajstić information content (AvgIpc) is 2.97. The normalized spacial score (nSPS) is 13.0. The molecule has 1 aromatic carbocycles. The summed E-state index contributed by atoms with van der Waals surface area (Å²) >= 11 is 0. The molecule has 0 atom stereocenters. The molecule has 2 heterocycles. The van der Waals surface area contributed by atoms with E-state index in [1.165, 1.54) is 5.56 Å². The van der Waals surface area contributed by atoms with Gasteiger partial charge in [-0.2, -0.15) is 0 Å². The number of carbonyl (C=O) groups is 2. The number of hydrogen-bond acceptors (Lipinski definition) is 2. The Balaban J connectivity index is 1.68. The summed E-state index contributed by atoms with van der Waals surface area (Å²) in [6.07, 6.45) is 5.29. The van der Waals surface area contributed by atoms with Crippen molar-refractivity contribution in [2.75, 3.05) is 11.4 Å². The lowest BCUT2D eigenvalue weighted by Gasteiger charge is -2.16. The molecule has 0 bridgehead atoms. The van der Waals surface area contributed by atoms with Crippen LogP contribution < -0.4 is 9.47 Å². The Labute approximate surface area is 136 Å². The van der Waals surface area contributed by atoms with Crippen molar-refractivity contribution in [2.45, 2.75) is 33.2 Å². The third-order valence-corrected chi connectivity index (χ3v) is 4.32. The van der Waals surface area contributed by atoms with Crippen molar-refractivity contribution < 1.29 is 14.2 Å². The molecule has 0 spiro atoms. The third-order valence-electron chi connectivity index (χ3n) is 4.32. The highest BCUT2D eigenvalue weighted by Gasteiger charge is 2.25. The zero-order chi connectivity index (χ0) is 16.4. The summed E-state index contributed by atoms with van der Waals surface area (Å²) in [5.41, 5.74) is 3.97. The van der Waals surface area contributed by atoms with Crippen molar-refractivity contribution in [3.8, 4) is 0 Å². The molecule has 2 aromatic rings. The van der Waals surface area contributed by atoms with Crippen molar-refractivity contribution in [1.29, 1.82) is 0 Å². The summed E-state index contributed by atoms with van der Waals surface area (Å²) in [5, 5.41) is 0. The van der Waals surface area contributed by atoms with E-state index in [1.54, 1.807) is 6.92 Å². The van der Waals surface area contributed by atoms with Crippen LogP contribution in [0.25, 0.3) is 0 Å². The summed E-state index contributed by atoms with van der Waals surface area (Å²) in [5.74, 6) is 0.195. The zero-order valence-corrected chi connectivity index (χ0v) is 13.6. The summed E-state index contributed by atoms with van der Waals surface area (Å²) in [6.45, 7) is 4.99. The molecule has 23 heavy (non-hydrogen) atoms. The maximum Gasteiger partial charge on any atom is 0.233 e. The zero-order valence-electron chi connectivity index (χ0n) is 13.6. The number of amides is 1. The van der Waals surface area contributed by atoms with E-state index < -0.39 is 0 Å². The predicted octanol–water partition coefficient (Wildman–Crippen LogP) is 2.46. The number of rotatable bonds is 4. The first-order valence-corrected chi connectivity index (χ1v) is 7.94. The number of hydrogen-bond donors (Lipinski definition) is 0. The highest BCUT2D eigenvalue weighted by molar-refractivity contribution is 5.98. The van der Waals surface area contributed by atoms with Gasteiger partial charge in [-0.1, -0.05) is 0 Å². The minimum absolute atomic E-state index is 0.0633. The van der Waals surface area contributed by atoms with Gasteiger partial charge in [0.15, 0.2) is 24.7 Å². The second kappa shape index (κ2) is 6.32. The number of aryl methyl sites for hydroxylation is 2. The van der Waals surface area contributed by atoms with Crippen LogP contribution in [-0.2, 0) is 17.8 Å². The number of fused-ring (bicyclic) bond motifs is 1. The molecule has 0 N–H and O–H groups in total. The number of Topliss-reactive ketones (excluding diaryl/α,β-unsaturated/α-hetero) is 1. The molecule has 3 rings (SSSR count). The smallest absolute Gasteiger partial charge is 0.233 e. The van der Waals surface area contributed by atoms with Crippen molar-refractivity contribution in [3.63, 3.8) is 0 Å². The van der Waals surface area contributed by atoms with Crippen molar-refractivity contribution in [3.05, 3.63) is 59.4 Å². The number of carbonyl (C=O) groups excluding carboxylic acids is 2. The predicted molar refractivity (Wildman–Crippen MR) is 88.5 cm³/mol.